The number of hydrogen-bond donors (Lipinski definition) is 1. The minimum absolute atomic E-state index is 0.0407. The second-order valence-corrected chi connectivity index (χ2v) is 6.89. The number of ether oxygens (including phenoxy) is 1. The number of fused-ring (bicyclic) bond motifs is 1. The Balaban J connectivity index is 1.48. The van der Waals surface area contributed by atoms with Crippen molar-refractivity contribution < 1.29 is 9.53 Å². The van der Waals surface area contributed by atoms with Crippen LogP contribution in [0, 0.1) is 0 Å². The minimum atomic E-state index is -0.119. The summed E-state index contributed by atoms with van der Waals surface area (Å²) in [6.45, 7) is 3.44. The summed E-state index contributed by atoms with van der Waals surface area (Å²) >= 11 is 1.72. The van der Waals surface area contributed by atoms with Gasteiger partial charge in [0.05, 0.1) is 24.1 Å². The van der Waals surface area contributed by atoms with Crippen molar-refractivity contribution in [1.82, 2.24) is 10.3 Å². The largest absolute Gasteiger partial charge is 0.373 e. The molecule has 0 saturated heterocycles. The number of nitrogens with zero attached hydrogens (tertiary/aromatic N) is 1. The van der Waals surface area contributed by atoms with Crippen LogP contribution in [0.1, 0.15) is 40.5 Å². The zero-order valence-corrected chi connectivity index (χ0v) is 14.2. The molecule has 0 aliphatic carbocycles. The summed E-state index contributed by atoms with van der Waals surface area (Å²) in [6, 6.07) is 8.23. The average molecular weight is 330 g/mol. The molecule has 0 radical (unpaired) electrons. The van der Waals surface area contributed by atoms with Gasteiger partial charge in [0.25, 0.3) is 0 Å². The van der Waals surface area contributed by atoms with E-state index in [2.05, 4.69) is 29.4 Å². The Kier molecular flexibility index (Phi) is 5.41. The molecule has 0 bridgehead atoms. The van der Waals surface area contributed by atoms with Crippen LogP contribution in [-0.4, -0.2) is 24.0 Å². The van der Waals surface area contributed by atoms with E-state index < -0.39 is 0 Å². The molecule has 122 valence electrons. The van der Waals surface area contributed by atoms with Crippen molar-refractivity contribution in [2.24, 2.45) is 0 Å². The van der Waals surface area contributed by atoms with Crippen LogP contribution in [0.25, 0.3) is 0 Å². The van der Waals surface area contributed by atoms with Crippen molar-refractivity contribution in [2.75, 3.05) is 13.2 Å². The number of thiazole rings is 1. The lowest BCUT2D eigenvalue weighted by atomic mass is 9.95. The molecule has 2 aromatic rings. The Morgan fingerprint density at radius 1 is 1.43 bits per heavy atom. The van der Waals surface area contributed by atoms with E-state index in [-0.39, 0.29) is 12.0 Å². The molecule has 1 amide bonds. The second-order valence-electron chi connectivity index (χ2n) is 5.69. The number of benzene rings is 1. The molecule has 23 heavy (non-hydrogen) atoms. The minimum Gasteiger partial charge on any atom is -0.373 e. The Bertz CT molecular complexity index is 669. The lowest BCUT2D eigenvalue weighted by molar-refractivity contribution is -0.124. The fraction of sp³-hybridized carbons (Fsp3) is 0.444. The number of aromatic nitrogens is 1. The Hall–Kier alpha value is -1.72. The molecular formula is C18H22N2O2S. The lowest BCUT2D eigenvalue weighted by Crippen LogP contribution is -2.29. The standard InChI is InChI=1S/C18H22N2O2S/c1-2-14-12-20-18(23-14)7-9-19-17(21)11-16-15-6-4-3-5-13(15)8-10-22-16/h3-6,12,16H,2,7-11H2,1H3,(H,19,21)/t16-/m0/s1. The van der Waals surface area contributed by atoms with Gasteiger partial charge in [-0.05, 0) is 24.0 Å². The molecule has 4 nitrogen and oxygen atoms in total. The van der Waals surface area contributed by atoms with Crippen molar-refractivity contribution in [3.8, 4) is 0 Å². The van der Waals surface area contributed by atoms with Gasteiger partial charge in [-0.1, -0.05) is 31.2 Å². The monoisotopic (exact) mass is 330 g/mol. The highest BCUT2D eigenvalue weighted by molar-refractivity contribution is 7.11. The summed E-state index contributed by atoms with van der Waals surface area (Å²) in [5.41, 5.74) is 2.45. The molecule has 1 atom stereocenters. The summed E-state index contributed by atoms with van der Waals surface area (Å²) in [6.07, 6.45) is 4.93. The molecule has 1 aromatic carbocycles. The van der Waals surface area contributed by atoms with E-state index in [0.717, 1.165) is 29.8 Å². The summed E-state index contributed by atoms with van der Waals surface area (Å²) in [4.78, 5) is 17.8. The van der Waals surface area contributed by atoms with Crippen LogP contribution >= 0.6 is 11.3 Å². The van der Waals surface area contributed by atoms with Crippen LogP contribution in [0.3, 0.4) is 0 Å². The molecular weight excluding hydrogens is 308 g/mol. The molecule has 0 unspecified atom stereocenters. The first-order valence-electron chi connectivity index (χ1n) is 8.16. The first-order valence-corrected chi connectivity index (χ1v) is 8.97. The molecule has 5 heteroatoms. The third-order valence-electron chi connectivity index (χ3n) is 4.07. The number of carbonyl (C=O) groups is 1. The van der Waals surface area contributed by atoms with Crippen molar-refractivity contribution >= 4 is 17.2 Å². The van der Waals surface area contributed by atoms with Crippen molar-refractivity contribution in [1.29, 1.82) is 0 Å². The van der Waals surface area contributed by atoms with E-state index in [4.69, 9.17) is 4.74 Å². The lowest BCUT2D eigenvalue weighted by Gasteiger charge is -2.25. The van der Waals surface area contributed by atoms with Gasteiger partial charge < -0.3 is 10.1 Å². The molecule has 2 heterocycles. The van der Waals surface area contributed by atoms with Gasteiger partial charge in [0, 0.05) is 24.0 Å². The van der Waals surface area contributed by atoms with Crippen LogP contribution < -0.4 is 5.32 Å². The summed E-state index contributed by atoms with van der Waals surface area (Å²) in [7, 11) is 0. The number of rotatable bonds is 6. The number of amides is 1. The zero-order chi connectivity index (χ0) is 16.1. The van der Waals surface area contributed by atoms with Crippen LogP contribution in [0.15, 0.2) is 30.5 Å². The van der Waals surface area contributed by atoms with Gasteiger partial charge in [-0.3, -0.25) is 4.79 Å². The van der Waals surface area contributed by atoms with E-state index >= 15 is 0 Å². The van der Waals surface area contributed by atoms with E-state index in [0.29, 0.717) is 19.6 Å². The smallest absolute Gasteiger partial charge is 0.222 e. The quantitative estimate of drug-likeness (QED) is 0.885. The molecule has 0 fully saturated rings. The molecule has 1 aliphatic heterocycles. The maximum Gasteiger partial charge on any atom is 0.222 e. The maximum atomic E-state index is 12.2. The van der Waals surface area contributed by atoms with Crippen molar-refractivity contribution in [3.05, 3.63) is 51.5 Å². The third-order valence-corrected chi connectivity index (χ3v) is 5.28. The Morgan fingerprint density at radius 3 is 3.13 bits per heavy atom. The molecule has 1 aromatic heterocycles. The summed E-state index contributed by atoms with van der Waals surface area (Å²) in [5.74, 6) is 0.0407. The van der Waals surface area contributed by atoms with Crippen LogP contribution in [0.4, 0.5) is 0 Å². The van der Waals surface area contributed by atoms with Crippen molar-refractivity contribution in [3.63, 3.8) is 0 Å². The molecule has 0 spiro atoms. The first kappa shape index (κ1) is 16.1. The predicted octanol–water partition coefficient (Wildman–Crippen LogP) is 3.07. The van der Waals surface area contributed by atoms with E-state index in [1.165, 1.54) is 10.4 Å². The number of nitrogens with one attached hydrogen (secondary N) is 1. The number of hydrogen-bond acceptors (Lipinski definition) is 4. The normalized spacial score (nSPS) is 16.8. The highest BCUT2D eigenvalue weighted by Crippen LogP contribution is 2.29. The highest BCUT2D eigenvalue weighted by Gasteiger charge is 2.22. The molecule has 1 aliphatic rings. The first-order chi connectivity index (χ1) is 11.3. The number of aryl methyl sites for hydroxylation is 1. The second kappa shape index (κ2) is 7.70. The maximum absolute atomic E-state index is 12.2. The van der Waals surface area contributed by atoms with Crippen LogP contribution in [0.2, 0.25) is 0 Å². The summed E-state index contributed by atoms with van der Waals surface area (Å²) in [5, 5.41) is 4.07. The molecule has 0 saturated carbocycles. The Morgan fingerprint density at radius 2 is 2.30 bits per heavy atom. The summed E-state index contributed by atoms with van der Waals surface area (Å²) < 4.78 is 5.79. The fourth-order valence-electron chi connectivity index (χ4n) is 2.82. The Labute approximate surface area is 140 Å². The van der Waals surface area contributed by atoms with E-state index in [1.54, 1.807) is 11.3 Å². The van der Waals surface area contributed by atoms with E-state index in [9.17, 15) is 4.79 Å². The third kappa shape index (κ3) is 4.18. The van der Waals surface area contributed by atoms with Gasteiger partial charge in [0.2, 0.25) is 5.91 Å². The van der Waals surface area contributed by atoms with E-state index in [1.807, 2.05) is 18.3 Å². The average Bonchev–Trinajstić information content (AvgIpc) is 3.03. The van der Waals surface area contributed by atoms with Gasteiger partial charge in [-0.15, -0.1) is 11.3 Å². The molecule has 1 N–H and O–H groups in total. The van der Waals surface area contributed by atoms with Gasteiger partial charge in [0.1, 0.15) is 0 Å². The fourth-order valence-corrected chi connectivity index (χ4v) is 3.68. The number of carbonyl (C=O) groups excluding carboxylic acids is 1. The predicted molar refractivity (Wildman–Crippen MR) is 91.7 cm³/mol. The van der Waals surface area contributed by atoms with Gasteiger partial charge >= 0.3 is 0 Å². The topological polar surface area (TPSA) is 51.2 Å². The molecule has 3 rings (SSSR count). The van der Waals surface area contributed by atoms with Gasteiger partial charge in [-0.25, -0.2) is 4.98 Å². The van der Waals surface area contributed by atoms with Crippen LogP contribution in [-0.2, 0) is 28.8 Å². The van der Waals surface area contributed by atoms with Crippen molar-refractivity contribution in [2.45, 2.75) is 38.7 Å². The highest BCUT2D eigenvalue weighted by atomic mass is 32.1. The SMILES string of the molecule is CCc1cnc(CCNC(=O)C[C@@H]2OCCc3ccccc32)s1. The van der Waals surface area contributed by atoms with Gasteiger partial charge in [-0.2, -0.15) is 0 Å². The van der Waals surface area contributed by atoms with Gasteiger partial charge in [0.15, 0.2) is 0 Å². The van der Waals surface area contributed by atoms with Crippen LogP contribution in [0.5, 0.6) is 0 Å². The zero-order valence-electron chi connectivity index (χ0n) is 13.4.